The van der Waals surface area contributed by atoms with E-state index in [1.54, 1.807) is 0 Å². The molecule has 326 valence electrons. The monoisotopic (exact) mass is 884 g/mol. The molecule has 2 aliphatic carbocycles. The van der Waals surface area contributed by atoms with Crippen molar-refractivity contribution >= 4 is 62.1 Å². The summed E-state index contributed by atoms with van der Waals surface area (Å²) < 4.78 is 13.0. The van der Waals surface area contributed by atoms with Gasteiger partial charge in [-0.1, -0.05) is 182 Å². The fourth-order valence-electron chi connectivity index (χ4n) is 11.6. The van der Waals surface area contributed by atoms with Crippen molar-refractivity contribution in [1.29, 1.82) is 0 Å². The summed E-state index contributed by atoms with van der Waals surface area (Å²) >= 11 is 0. The lowest BCUT2D eigenvalue weighted by Gasteiger charge is -2.37. The average Bonchev–Trinajstić information content (AvgIpc) is 3.71. The van der Waals surface area contributed by atoms with Crippen LogP contribution in [-0.4, -0.2) is 0 Å². The predicted octanol–water partition coefficient (Wildman–Crippen LogP) is 17.2. The third kappa shape index (κ3) is 5.95. The van der Waals surface area contributed by atoms with Gasteiger partial charge in [-0.2, -0.15) is 0 Å². The molecule has 0 fully saturated rings. The number of rotatable bonds is 6. The van der Waals surface area contributed by atoms with Crippen LogP contribution in [0.2, 0.25) is 0 Å². The topological polar surface area (TPSA) is 24.9 Å². The summed E-state index contributed by atoms with van der Waals surface area (Å²) in [6, 6.07) is 79.2. The third-order valence-corrected chi connectivity index (χ3v) is 14.5. The zero-order chi connectivity index (χ0) is 45.5. The summed E-state index contributed by atoms with van der Waals surface area (Å²) in [6.07, 6.45) is 11.0. The minimum absolute atomic E-state index is 0.607. The van der Waals surface area contributed by atoms with Crippen molar-refractivity contribution in [2.75, 3.05) is 9.80 Å². The van der Waals surface area contributed by atoms with Crippen LogP contribution in [0.1, 0.15) is 46.2 Å². The quantitative estimate of drug-likeness (QED) is 0.123. The number of nitrogens with zero attached hydrogens (tertiary/aromatic N) is 2. The van der Waals surface area contributed by atoms with Gasteiger partial charge in [-0.25, -0.2) is 0 Å². The number of benzene rings is 10. The van der Waals surface area contributed by atoms with Crippen LogP contribution in [0.15, 0.2) is 242 Å². The van der Waals surface area contributed by atoms with Gasteiger partial charge in [0.25, 0.3) is 0 Å². The van der Waals surface area contributed by atoms with Crippen LogP contribution < -0.4 is 19.3 Å². The van der Waals surface area contributed by atoms with E-state index in [0.717, 1.165) is 75.5 Å². The molecule has 4 heteroatoms. The van der Waals surface area contributed by atoms with Crippen LogP contribution in [0.25, 0.3) is 44.8 Å². The Labute approximate surface area is 401 Å². The van der Waals surface area contributed by atoms with Crippen molar-refractivity contribution in [3.63, 3.8) is 0 Å². The maximum Gasteiger partial charge on any atom is 0.151 e. The minimum Gasteiger partial charge on any atom is -0.457 e. The minimum atomic E-state index is -0.607. The smallest absolute Gasteiger partial charge is 0.151 e. The first-order chi connectivity index (χ1) is 34.2. The molecule has 0 amide bonds. The summed E-state index contributed by atoms with van der Waals surface area (Å²) in [5.74, 6) is 3.58. The summed E-state index contributed by atoms with van der Waals surface area (Å²) in [5, 5.41) is 4.71. The Balaban J connectivity index is 0.957. The summed E-state index contributed by atoms with van der Waals surface area (Å²) in [4.78, 5) is 4.79. The summed E-state index contributed by atoms with van der Waals surface area (Å²) in [6.45, 7) is 0. The highest BCUT2D eigenvalue weighted by molar-refractivity contribution is 6.19. The van der Waals surface area contributed by atoms with Crippen molar-refractivity contribution in [2.45, 2.75) is 18.3 Å². The molecule has 4 nitrogen and oxygen atoms in total. The largest absolute Gasteiger partial charge is 0.457 e. The van der Waals surface area contributed by atoms with Crippen molar-refractivity contribution in [3.05, 3.63) is 275 Å². The second-order valence-electron chi connectivity index (χ2n) is 18.2. The maximum atomic E-state index is 6.56. The molecule has 0 aromatic heterocycles. The highest BCUT2D eigenvalue weighted by Gasteiger charge is 2.47. The van der Waals surface area contributed by atoms with Gasteiger partial charge in [0.15, 0.2) is 17.2 Å². The molecule has 0 atom stereocenters. The van der Waals surface area contributed by atoms with Gasteiger partial charge in [-0.15, -0.1) is 0 Å². The molecular formula is C65H44N2O2. The van der Waals surface area contributed by atoms with E-state index >= 15 is 0 Å². The third-order valence-electron chi connectivity index (χ3n) is 14.5. The van der Waals surface area contributed by atoms with Gasteiger partial charge < -0.3 is 19.3 Å². The van der Waals surface area contributed by atoms with Crippen LogP contribution >= 0.6 is 0 Å². The Hall–Kier alpha value is -8.86. The van der Waals surface area contributed by atoms with Gasteiger partial charge in [0.2, 0.25) is 0 Å². The molecular weight excluding hydrogens is 841 g/mol. The van der Waals surface area contributed by atoms with E-state index in [2.05, 4.69) is 240 Å². The Morgan fingerprint density at radius 3 is 1.57 bits per heavy atom. The lowest BCUT2D eigenvalue weighted by molar-refractivity contribution is 0.388. The number of para-hydroxylation sites is 6. The number of anilines is 5. The first-order valence-corrected chi connectivity index (χ1v) is 23.9. The highest BCUT2D eigenvalue weighted by Crippen LogP contribution is 2.59. The molecule has 0 spiro atoms. The molecule has 0 bridgehead atoms. The zero-order valence-corrected chi connectivity index (χ0v) is 37.7. The fourth-order valence-corrected chi connectivity index (χ4v) is 11.6. The van der Waals surface area contributed by atoms with Gasteiger partial charge in [0, 0.05) is 22.9 Å². The molecule has 69 heavy (non-hydrogen) atoms. The van der Waals surface area contributed by atoms with E-state index < -0.39 is 5.41 Å². The van der Waals surface area contributed by atoms with E-state index in [-0.39, 0.29) is 0 Å². The lowest BCUT2D eigenvalue weighted by Crippen LogP contribution is -2.29. The Kier molecular flexibility index (Phi) is 8.90. The van der Waals surface area contributed by atoms with Gasteiger partial charge in [-0.3, -0.25) is 0 Å². The molecule has 0 saturated heterocycles. The highest BCUT2D eigenvalue weighted by atomic mass is 16.5. The zero-order valence-electron chi connectivity index (χ0n) is 37.7. The van der Waals surface area contributed by atoms with Gasteiger partial charge in [-0.05, 0) is 122 Å². The van der Waals surface area contributed by atoms with Gasteiger partial charge in [0.1, 0.15) is 5.76 Å². The molecule has 0 N–H and O–H groups in total. The second kappa shape index (κ2) is 15.6. The molecule has 2 heterocycles. The van der Waals surface area contributed by atoms with Crippen molar-refractivity contribution in [3.8, 4) is 28.4 Å². The summed E-state index contributed by atoms with van der Waals surface area (Å²) in [5.41, 5.74) is 15.6. The van der Waals surface area contributed by atoms with E-state index in [4.69, 9.17) is 9.47 Å². The number of allylic oxidation sites excluding steroid dienone is 3. The van der Waals surface area contributed by atoms with Crippen LogP contribution in [-0.2, 0) is 5.41 Å². The van der Waals surface area contributed by atoms with E-state index in [0.29, 0.717) is 0 Å². The standard InChI is InChI=1S/C65H44N2O2/c1-3-19-44(20-4-1)65(45-21-5-2-6-22-45)54-41-43(36-39-50(54)51-40-37-46(42-55(51)65)66-56-27-11-15-31-60(56)68-61-32-16-12-28-57(61)66)35-38-49-47-23-7-9-25-52(47)64(53-26-10-8-24-48(49)53)67-58-29-13-17-33-62(58)69-63-34-18-14-30-59(63)67/h1-15,17-31,33-42H,16,32H2/b38-35+. The number of fused-ring (bicyclic) bond motifs is 8. The molecule has 4 aliphatic rings. The molecule has 0 radical (unpaired) electrons. The number of hydrogen-bond donors (Lipinski definition) is 0. The van der Waals surface area contributed by atoms with Crippen molar-refractivity contribution < 1.29 is 9.47 Å². The van der Waals surface area contributed by atoms with E-state index in [1.165, 1.54) is 60.5 Å². The Morgan fingerprint density at radius 1 is 0.435 bits per heavy atom. The van der Waals surface area contributed by atoms with E-state index in [9.17, 15) is 0 Å². The van der Waals surface area contributed by atoms with Crippen molar-refractivity contribution in [1.82, 2.24) is 0 Å². The molecule has 10 aromatic carbocycles. The number of ether oxygens (including phenoxy) is 2. The summed E-state index contributed by atoms with van der Waals surface area (Å²) in [7, 11) is 0. The van der Waals surface area contributed by atoms with E-state index in [1.807, 2.05) is 12.1 Å². The molecule has 2 aliphatic heterocycles. The van der Waals surface area contributed by atoms with Crippen LogP contribution in [0, 0.1) is 0 Å². The predicted molar refractivity (Wildman–Crippen MR) is 283 cm³/mol. The lowest BCUT2D eigenvalue weighted by atomic mass is 9.67. The average molecular weight is 885 g/mol. The molecule has 0 saturated carbocycles. The van der Waals surface area contributed by atoms with Crippen LogP contribution in [0.3, 0.4) is 0 Å². The maximum absolute atomic E-state index is 6.56. The Morgan fingerprint density at radius 2 is 0.942 bits per heavy atom. The second-order valence-corrected chi connectivity index (χ2v) is 18.2. The van der Waals surface area contributed by atoms with Crippen molar-refractivity contribution in [2.24, 2.45) is 0 Å². The molecule has 14 rings (SSSR count). The van der Waals surface area contributed by atoms with Crippen LogP contribution in [0.5, 0.6) is 17.2 Å². The molecule has 10 aromatic rings. The van der Waals surface area contributed by atoms with Gasteiger partial charge in [0.05, 0.1) is 33.9 Å². The SMILES string of the molecule is C1=CC2=C(CC1)Oc1ccccc1N2c1ccc2c(c1)C(c1ccccc1)(c1ccccc1)c1cc(/C=C/c3c4ccccc4c(N4c5ccccc5Oc5ccccc54)c4ccccc34)ccc1-2. The Bertz CT molecular complexity index is 3670. The first-order valence-electron chi connectivity index (χ1n) is 23.9. The number of hydrogen-bond acceptors (Lipinski definition) is 4. The fraction of sp³-hybridized carbons (Fsp3) is 0.0462. The first kappa shape index (κ1) is 39.3. The normalized spacial score (nSPS) is 15.0. The van der Waals surface area contributed by atoms with Gasteiger partial charge >= 0.3 is 0 Å². The van der Waals surface area contributed by atoms with Crippen LogP contribution in [0.4, 0.5) is 28.4 Å². The molecule has 0 unspecified atom stereocenters.